The van der Waals surface area contributed by atoms with E-state index >= 15 is 0 Å². The van der Waals surface area contributed by atoms with Crippen LogP contribution in [0.25, 0.3) is 0 Å². The average Bonchev–Trinajstić information content (AvgIpc) is 2.75. The van der Waals surface area contributed by atoms with Crippen LogP contribution in [0.2, 0.25) is 0 Å². The molecule has 0 aromatic carbocycles. The van der Waals surface area contributed by atoms with Gasteiger partial charge in [0.25, 0.3) is 0 Å². The molecule has 5 atom stereocenters. The van der Waals surface area contributed by atoms with Crippen molar-refractivity contribution in [3.63, 3.8) is 0 Å². The van der Waals surface area contributed by atoms with Gasteiger partial charge in [-0.1, -0.05) is 20.8 Å². The Morgan fingerprint density at radius 3 is 1.75 bits per heavy atom. The summed E-state index contributed by atoms with van der Waals surface area (Å²) in [5, 5.41) is 2.16. The van der Waals surface area contributed by atoms with Crippen molar-refractivity contribution in [2.24, 2.45) is 17.8 Å². The zero-order valence-electron chi connectivity index (χ0n) is 11.8. The summed E-state index contributed by atoms with van der Waals surface area (Å²) >= 11 is 0. The molecule has 0 aromatic heterocycles. The van der Waals surface area contributed by atoms with Crippen LogP contribution in [0.15, 0.2) is 0 Å². The first-order valence-corrected chi connectivity index (χ1v) is 9.70. The van der Waals surface area contributed by atoms with Crippen molar-refractivity contribution in [2.75, 3.05) is 12.5 Å². The molecular weight excluding hydrogens is 212 g/mol. The second-order valence-corrected chi connectivity index (χ2v) is 11.4. The molecule has 0 spiro atoms. The Morgan fingerprint density at radius 1 is 0.750 bits per heavy atom. The summed E-state index contributed by atoms with van der Waals surface area (Å²) in [5.74, 6) is 2.97. The molecule has 2 aliphatic rings. The van der Waals surface area contributed by atoms with Crippen molar-refractivity contribution >= 4 is 10.0 Å². The van der Waals surface area contributed by atoms with Crippen molar-refractivity contribution in [3.05, 3.63) is 0 Å². The maximum atomic E-state index is 2.64. The molecule has 0 heterocycles. The molecule has 2 rings (SSSR count). The van der Waals surface area contributed by atoms with Crippen molar-refractivity contribution in [2.45, 2.75) is 63.4 Å². The van der Waals surface area contributed by atoms with Crippen LogP contribution in [0, 0.1) is 17.8 Å². The summed E-state index contributed by atoms with van der Waals surface area (Å²) in [5.41, 5.74) is 0. The van der Waals surface area contributed by atoms with Crippen LogP contribution in [0.3, 0.4) is 0 Å². The Bertz CT molecular complexity index is 236. The van der Waals surface area contributed by atoms with E-state index in [-0.39, 0.29) is 10.0 Å². The van der Waals surface area contributed by atoms with Gasteiger partial charge < -0.3 is 0 Å². The van der Waals surface area contributed by atoms with Gasteiger partial charge in [-0.25, -0.2) is 10.0 Å². The molecule has 2 aliphatic carbocycles. The summed E-state index contributed by atoms with van der Waals surface area (Å²) in [6.07, 6.45) is 12.9. The van der Waals surface area contributed by atoms with Gasteiger partial charge in [-0.3, -0.25) is 0 Å². The van der Waals surface area contributed by atoms with Gasteiger partial charge in [0.15, 0.2) is 0 Å². The Kier molecular flexibility index (Phi) is 3.64. The van der Waals surface area contributed by atoms with Crippen molar-refractivity contribution in [1.82, 2.24) is 0 Å². The third-order valence-electron chi connectivity index (χ3n) is 5.61. The fourth-order valence-corrected chi connectivity index (χ4v) is 7.58. The predicted octanol–water partition coefficient (Wildman–Crippen LogP) is 4.67. The summed E-state index contributed by atoms with van der Waals surface area (Å²) in [6, 6.07) is 0. The van der Waals surface area contributed by atoms with Crippen LogP contribution >= 0.6 is 10.0 Å². The standard InChI is InChI=1S/C15H30S/c1-11-6-7-14(8-11)16(4,5)15-9-12(2)13(3)10-15/h11-15H,6-10H2,1-5H3/t11-,12-,13?,14+,15?/m1/s1. The molecule has 0 N–H and O–H groups in total. The smallest absolute Gasteiger partial charge is 0.0109 e. The number of hydrogen-bond donors (Lipinski definition) is 0. The lowest BCUT2D eigenvalue weighted by atomic mass is 10.0. The van der Waals surface area contributed by atoms with E-state index in [1.54, 1.807) is 0 Å². The average molecular weight is 242 g/mol. The van der Waals surface area contributed by atoms with E-state index in [0.29, 0.717) is 0 Å². The van der Waals surface area contributed by atoms with Crippen LogP contribution in [0.1, 0.15) is 52.9 Å². The molecule has 0 aliphatic heterocycles. The molecule has 0 amide bonds. The van der Waals surface area contributed by atoms with Crippen LogP contribution in [0.4, 0.5) is 0 Å². The summed E-state index contributed by atoms with van der Waals surface area (Å²) in [4.78, 5) is 0. The summed E-state index contributed by atoms with van der Waals surface area (Å²) in [7, 11) is -0.337. The fourth-order valence-electron chi connectivity index (χ4n) is 3.87. The zero-order chi connectivity index (χ0) is 11.9. The quantitative estimate of drug-likeness (QED) is 0.660. The first-order chi connectivity index (χ1) is 7.41. The first-order valence-electron chi connectivity index (χ1n) is 7.12. The van der Waals surface area contributed by atoms with Crippen LogP contribution in [-0.2, 0) is 0 Å². The third kappa shape index (κ3) is 2.30. The summed E-state index contributed by atoms with van der Waals surface area (Å²) < 4.78 is 0. The Hall–Kier alpha value is 0.350. The molecule has 0 saturated heterocycles. The lowest BCUT2D eigenvalue weighted by Gasteiger charge is -2.44. The molecule has 0 bridgehead atoms. The van der Waals surface area contributed by atoms with E-state index < -0.39 is 0 Å². The van der Waals surface area contributed by atoms with Gasteiger partial charge in [0.2, 0.25) is 0 Å². The first kappa shape index (κ1) is 12.8. The Labute approximate surface area is 104 Å². The van der Waals surface area contributed by atoms with E-state index in [1.165, 1.54) is 32.1 Å². The maximum absolute atomic E-state index is 2.64. The highest BCUT2D eigenvalue weighted by atomic mass is 32.3. The largest absolute Gasteiger partial charge is 0.241 e. The minimum absolute atomic E-state index is 0.337. The van der Waals surface area contributed by atoms with Gasteiger partial charge in [-0.15, -0.1) is 0 Å². The molecule has 16 heavy (non-hydrogen) atoms. The predicted molar refractivity (Wildman–Crippen MR) is 77.6 cm³/mol. The van der Waals surface area contributed by atoms with Crippen LogP contribution < -0.4 is 0 Å². The van der Waals surface area contributed by atoms with Crippen molar-refractivity contribution < 1.29 is 0 Å². The highest BCUT2D eigenvalue weighted by Crippen LogP contribution is 2.61. The molecule has 2 saturated carbocycles. The lowest BCUT2D eigenvalue weighted by molar-refractivity contribution is 0.457. The van der Waals surface area contributed by atoms with Crippen LogP contribution in [-0.4, -0.2) is 23.0 Å². The van der Waals surface area contributed by atoms with Gasteiger partial charge in [0, 0.05) is 0 Å². The maximum Gasteiger partial charge on any atom is -0.0109 e. The number of rotatable bonds is 2. The molecule has 2 fully saturated rings. The summed E-state index contributed by atoms with van der Waals surface area (Å²) in [6.45, 7) is 7.39. The molecule has 0 nitrogen and oxygen atoms in total. The van der Waals surface area contributed by atoms with Crippen molar-refractivity contribution in [3.8, 4) is 0 Å². The highest BCUT2D eigenvalue weighted by molar-refractivity contribution is 8.33. The van der Waals surface area contributed by atoms with Gasteiger partial charge >= 0.3 is 0 Å². The molecule has 0 aromatic rings. The van der Waals surface area contributed by atoms with Gasteiger partial charge in [-0.05, 0) is 72.9 Å². The Morgan fingerprint density at radius 2 is 1.31 bits per heavy atom. The second kappa shape index (κ2) is 4.55. The van der Waals surface area contributed by atoms with E-state index in [4.69, 9.17) is 0 Å². The third-order valence-corrected chi connectivity index (χ3v) is 9.86. The topological polar surface area (TPSA) is 0 Å². The zero-order valence-corrected chi connectivity index (χ0v) is 12.6. The normalized spacial score (nSPS) is 46.2. The van der Waals surface area contributed by atoms with E-state index in [2.05, 4.69) is 33.3 Å². The molecule has 0 radical (unpaired) electrons. The number of hydrogen-bond acceptors (Lipinski definition) is 0. The lowest BCUT2D eigenvalue weighted by Crippen LogP contribution is -2.24. The minimum atomic E-state index is -0.337. The molecule has 2 unspecified atom stereocenters. The molecule has 96 valence electrons. The van der Waals surface area contributed by atoms with E-state index in [0.717, 1.165) is 28.3 Å². The van der Waals surface area contributed by atoms with E-state index in [9.17, 15) is 0 Å². The SMILES string of the molecule is CC1CC(S(C)(C)[C@H]2CC[C@@H](C)C2)C[C@H]1C. The molecule has 1 heteroatoms. The highest BCUT2D eigenvalue weighted by Gasteiger charge is 2.41. The monoisotopic (exact) mass is 242 g/mol. The van der Waals surface area contributed by atoms with Crippen molar-refractivity contribution in [1.29, 1.82) is 0 Å². The van der Waals surface area contributed by atoms with Gasteiger partial charge in [0.05, 0.1) is 0 Å². The van der Waals surface area contributed by atoms with E-state index in [1.807, 2.05) is 0 Å². The molecular formula is C15H30S. The second-order valence-electron chi connectivity index (χ2n) is 7.08. The fraction of sp³-hybridized carbons (Fsp3) is 1.00. The Balaban J connectivity index is 2.02. The minimum Gasteiger partial charge on any atom is -0.241 e. The van der Waals surface area contributed by atoms with Crippen LogP contribution in [0.5, 0.6) is 0 Å². The van der Waals surface area contributed by atoms with Gasteiger partial charge in [-0.2, -0.15) is 0 Å². The van der Waals surface area contributed by atoms with Gasteiger partial charge in [0.1, 0.15) is 0 Å².